The summed E-state index contributed by atoms with van der Waals surface area (Å²) in [4.78, 5) is 10.6. The number of nitrogens with zero attached hydrogens (tertiary/aromatic N) is 3. The molecule has 0 radical (unpaired) electrons. The highest BCUT2D eigenvalue weighted by Crippen LogP contribution is 2.16. The molecule has 0 aliphatic heterocycles. The molecule has 1 aromatic heterocycles. The summed E-state index contributed by atoms with van der Waals surface area (Å²) in [5.41, 5.74) is 0. The molecular weight excluding hydrogens is 226 g/mol. The van der Waals surface area contributed by atoms with Gasteiger partial charge < -0.3 is 10.0 Å². The van der Waals surface area contributed by atoms with E-state index in [1.54, 1.807) is 6.07 Å². The molecule has 0 amide bonds. The zero-order chi connectivity index (χ0) is 12.0. The van der Waals surface area contributed by atoms with Gasteiger partial charge in [0.15, 0.2) is 0 Å². The molecule has 1 N–H and O–H groups in total. The molecule has 1 heterocycles. The average molecular weight is 244 g/mol. The molecular formula is C11H18ClN3O. The van der Waals surface area contributed by atoms with E-state index in [9.17, 15) is 0 Å². The maximum atomic E-state index is 8.83. The summed E-state index contributed by atoms with van der Waals surface area (Å²) in [6.07, 6.45) is 1.50. The lowest BCUT2D eigenvalue weighted by atomic mass is 10.3. The molecule has 5 heteroatoms. The number of hydrogen-bond donors (Lipinski definition) is 1. The Kier molecular flexibility index (Phi) is 5.49. The van der Waals surface area contributed by atoms with Crippen molar-refractivity contribution in [2.24, 2.45) is 0 Å². The summed E-state index contributed by atoms with van der Waals surface area (Å²) in [6.45, 7) is 5.87. The van der Waals surface area contributed by atoms with Gasteiger partial charge >= 0.3 is 0 Å². The number of rotatable bonds is 6. The van der Waals surface area contributed by atoms with Crippen molar-refractivity contribution in [1.29, 1.82) is 0 Å². The summed E-state index contributed by atoms with van der Waals surface area (Å²) in [5, 5.41) is 9.30. The predicted molar refractivity (Wildman–Crippen MR) is 66.0 cm³/mol. The number of aryl methyl sites for hydroxylation is 1. The van der Waals surface area contributed by atoms with Gasteiger partial charge in [-0.25, -0.2) is 9.97 Å². The van der Waals surface area contributed by atoms with E-state index in [0.717, 1.165) is 37.6 Å². The van der Waals surface area contributed by atoms with Crippen LogP contribution in [0.1, 0.15) is 26.1 Å². The van der Waals surface area contributed by atoms with Crippen LogP contribution < -0.4 is 4.90 Å². The van der Waals surface area contributed by atoms with Crippen LogP contribution in [0.3, 0.4) is 0 Å². The van der Waals surface area contributed by atoms with Gasteiger partial charge in [0, 0.05) is 32.2 Å². The normalized spacial score (nSPS) is 10.5. The minimum absolute atomic E-state index is 0.190. The molecule has 0 aliphatic carbocycles. The monoisotopic (exact) mass is 243 g/mol. The van der Waals surface area contributed by atoms with Crippen molar-refractivity contribution in [2.75, 3.05) is 24.6 Å². The van der Waals surface area contributed by atoms with Crippen molar-refractivity contribution >= 4 is 17.4 Å². The standard InChI is InChI=1S/C11H18ClN3O/c1-3-10-13-9(12)8-11(14-10)15(4-2)6-5-7-16/h8,16H,3-7H2,1-2H3. The lowest BCUT2D eigenvalue weighted by molar-refractivity contribution is 0.289. The quantitative estimate of drug-likeness (QED) is 0.776. The molecule has 0 atom stereocenters. The smallest absolute Gasteiger partial charge is 0.134 e. The van der Waals surface area contributed by atoms with Crippen LogP contribution in [0.2, 0.25) is 5.15 Å². The summed E-state index contributed by atoms with van der Waals surface area (Å²) < 4.78 is 0. The van der Waals surface area contributed by atoms with Crippen LogP contribution in [0.4, 0.5) is 5.82 Å². The van der Waals surface area contributed by atoms with Crippen LogP contribution in [-0.2, 0) is 6.42 Å². The average Bonchev–Trinajstić information content (AvgIpc) is 2.29. The molecule has 0 unspecified atom stereocenters. The largest absolute Gasteiger partial charge is 0.396 e. The highest BCUT2D eigenvalue weighted by molar-refractivity contribution is 6.29. The van der Waals surface area contributed by atoms with Crippen LogP contribution in [0.25, 0.3) is 0 Å². The molecule has 0 aliphatic rings. The maximum absolute atomic E-state index is 8.83. The molecule has 1 rings (SSSR count). The number of aliphatic hydroxyl groups is 1. The van der Waals surface area contributed by atoms with Gasteiger partial charge in [0.2, 0.25) is 0 Å². The Balaban J connectivity index is 2.86. The van der Waals surface area contributed by atoms with Crippen LogP contribution in [0.15, 0.2) is 6.07 Å². The summed E-state index contributed by atoms with van der Waals surface area (Å²) in [5.74, 6) is 1.60. The van der Waals surface area contributed by atoms with Gasteiger partial charge in [0.25, 0.3) is 0 Å². The first-order valence-electron chi connectivity index (χ1n) is 5.60. The fourth-order valence-corrected chi connectivity index (χ4v) is 1.66. The second kappa shape index (κ2) is 6.66. The van der Waals surface area contributed by atoms with Crippen molar-refractivity contribution in [3.8, 4) is 0 Å². The topological polar surface area (TPSA) is 49.2 Å². The Morgan fingerprint density at radius 1 is 1.38 bits per heavy atom. The highest BCUT2D eigenvalue weighted by Gasteiger charge is 2.08. The van der Waals surface area contributed by atoms with Gasteiger partial charge in [-0.2, -0.15) is 0 Å². The number of aliphatic hydroxyl groups excluding tert-OH is 1. The molecule has 0 aromatic carbocycles. The van der Waals surface area contributed by atoms with E-state index < -0.39 is 0 Å². The Labute approximate surface area is 101 Å². The third-order valence-electron chi connectivity index (χ3n) is 2.34. The fourth-order valence-electron chi connectivity index (χ4n) is 1.47. The number of anilines is 1. The number of halogens is 1. The Morgan fingerprint density at radius 3 is 2.69 bits per heavy atom. The first-order valence-corrected chi connectivity index (χ1v) is 5.98. The number of hydrogen-bond acceptors (Lipinski definition) is 4. The minimum Gasteiger partial charge on any atom is -0.396 e. The van der Waals surface area contributed by atoms with Crippen molar-refractivity contribution in [2.45, 2.75) is 26.7 Å². The Hall–Kier alpha value is -0.870. The van der Waals surface area contributed by atoms with E-state index in [1.807, 2.05) is 6.92 Å². The van der Waals surface area contributed by atoms with Gasteiger partial charge in [-0.1, -0.05) is 18.5 Å². The molecule has 0 spiro atoms. The molecule has 0 saturated carbocycles. The molecule has 90 valence electrons. The van der Waals surface area contributed by atoms with Crippen molar-refractivity contribution in [3.63, 3.8) is 0 Å². The van der Waals surface area contributed by atoms with E-state index in [0.29, 0.717) is 5.15 Å². The van der Waals surface area contributed by atoms with Crippen molar-refractivity contribution in [3.05, 3.63) is 17.0 Å². The van der Waals surface area contributed by atoms with E-state index in [2.05, 4.69) is 21.8 Å². The van der Waals surface area contributed by atoms with Crippen LogP contribution in [0.5, 0.6) is 0 Å². The summed E-state index contributed by atoms with van der Waals surface area (Å²) >= 11 is 5.94. The second-order valence-electron chi connectivity index (χ2n) is 3.48. The van der Waals surface area contributed by atoms with Crippen LogP contribution in [-0.4, -0.2) is 34.8 Å². The number of aromatic nitrogens is 2. The SMILES string of the molecule is CCc1nc(Cl)cc(N(CC)CCCO)n1. The summed E-state index contributed by atoms with van der Waals surface area (Å²) in [7, 11) is 0. The second-order valence-corrected chi connectivity index (χ2v) is 3.86. The zero-order valence-corrected chi connectivity index (χ0v) is 10.5. The van der Waals surface area contributed by atoms with Gasteiger partial charge in [0.05, 0.1) is 0 Å². The highest BCUT2D eigenvalue weighted by atomic mass is 35.5. The van der Waals surface area contributed by atoms with E-state index in [1.165, 1.54) is 0 Å². The summed E-state index contributed by atoms with van der Waals surface area (Å²) in [6, 6.07) is 1.77. The van der Waals surface area contributed by atoms with Crippen LogP contribution >= 0.6 is 11.6 Å². The Bertz CT molecular complexity index is 333. The van der Waals surface area contributed by atoms with E-state index in [-0.39, 0.29) is 6.61 Å². The van der Waals surface area contributed by atoms with Crippen molar-refractivity contribution < 1.29 is 5.11 Å². The zero-order valence-electron chi connectivity index (χ0n) is 9.78. The fraction of sp³-hybridized carbons (Fsp3) is 0.636. The third-order valence-corrected chi connectivity index (χ3v) is 2.53. The van der Waals surface area contributed by atoms with Gasteiger partial charge in [-0.3, -0.25) is 0 Å². The van der Waals surface area contributed by atoms with Crippen molar-refractivity contribution in [1.82, 2.24) is 9.97 Å². The van der Waals surface area contributed by atoms with E-state index in [4.69, 9.17) is 16.7 Å². The maximum Gasteiger partial charge on any atom is 0.134 e. The molecule has 0 saturated heterocycles. The third kappa shape index (κ3) is 3.61. The molecule has 0 fully saturated rings. The van der Waals surface area contributed by atoms with Gasteiger partial charge in [-0.15, -0.1) is 0 Å². The molecule has 4 nitrogen and oxygen atoms in total. The molecule has 16 heavy (non-hydrogen) atoms. The lowest BCUT2D eigenvalue weighted by Crippen LogP contribution is -2.26. The van der Waals surface area contributed by atoms with E-state index >= 15 is 0 Å². The predicted octanol–water partition coefficient (Wildman–Crippen LogP) is 1.90. The first-order chi connectivity index (χ1) is 7.71. The lowest BCUT2D eigenvalue weighted by Gasteiger charge is -2.21. The Morgan fingerprint density at radius 2 is 2.12 bits per heavy atom. The first kappa shape index (κ1) is 13.2. The van der Waals surface area contributed by atoms with Gasteiger partial charge in [-0.05, 0) is 13.3 Å². The molecule has 1 aromatic rings. The molecule has 0 bridgehead atoms. The minimum atomic E-state index is 0.190. The van der Waals surface area contributed by atoms with Gasteiger partial charge in [0.1, 0.15) is 16.8 Å². The van der Waals surface area contributed by atoms with Crippen LogP contribution in [0, 0.1) is 0 Å².